The topological polar surface area (TPSA) is 79.3 Å². The number of rotatable bonds is 6. The van der Waals surface area contributed by atoms with Gasteiger partial charge in [0, 0.05) is 16.5 Å². The number of amides is 1. The molecule has 1 aromatic heterocycles. The monoisotopic (exact) mass is 366 g/mol. The SMILES string of the molecule is CCC(NC(=O)c1ccccc1)c1csc(-c2ccc(C(=O)O)cc2)n1. The smallest absolute Gasteiger partial charge is 0.335 e. The fourth-order valence-corrected chi connectivity index (χ4v) is 3.43. The molecule has 2 aromatic carbocycles. The molecule has 0 radical (unpaired) electrons. The zero-order chi connectivity index (χ0) is 18.5. The lowest BCUT2D eigenvalue weighted by Crippen LogP contribution is -2.28. The van der Waals surface area contributed by atoms with Crippen molar-refractivity contribution in [2.24, 2.45) is 0 Å². The standard InChI is InChI=1S/C20H18N2O3S/c1-2-16(21-18(23)13-6-4-3-5-7-13)17-12-26-19(22-17)14-8-10-15(11-9-14)20(24)25/h3-12,16H,2H2,1H3,(H,21,23)(H,24,25). The molecule has 0 fully saturated rings. The van der Waals surface area contributed by atoms with E-state index >= 15 is 0 Å². The second kappa shape index (κ2) is 7.93. The summed E-state index contributed by atoms with van der Waals surface area (Å²) < 4.78 is 0. The van der Waals surface area contributed by atoms with E-state index in [2.05, 4.69) is 10.3 Å². The average molecular weight is 366 g/mol. The lowest BCUT2D eigenvalue weighted by molar-refractivity contribution is 0.0696. The van der Waals surface area contributed by atoms with Gasteiger partial charge < -0.3 is 10.4 Å². The van der Waals surface area contributed by atoms with E-state index in [4.69, 9.17) is 5.11 Å². The largest absolute Gasteiger partial charge is 0.478 e. The van der Waals surface area contributed by atoms with Crippen molar-refractivity contribution in [3.63, 3.8) is 0 Å². The fourth-order valence-electron chi connectivity index (χ4n) is 2.55. The van der Waals surface area contributed by atoms with Crippen molar-refractivity contribution in [2.45, 2.75) is 19.4 Å². The van der Waals surface area contributed by atoms with Crippen molar-refractivity contribution in [2.75, 3.05) is 0 Å². The first-order valence-corrected chi connectivity index (χ1v) is 9.11. The Morgan fingerprint density at radius 1 is 1.08 bits per heavy atom. The van der Waals surface area contributed by atoms with E-state index in [0.717, 1.165) is 22.7 Å². The third kappa shape index (κ3) is 3.97. The van der Waals surface area contributed by atoms with Gasteiger partial charge in [-0.25, -0.2) is 9.78 Å². The highest BCUT2D eigenvalue weighted by Crippen LogP contribution is 2.28. The molecule has 1 amide bonds. The van der Waals surface area contributed by atoms with E-state index in [1.54, 1.807) is 36.4 Å². The summed E-state index contributed by atoms with van der Waals surface area (Å²) in [5.41, 5.74) is 2.52. The van der Waals surface area contributed by atoms with Crippen molar-refractivity contribution in [3.05, 3.63) is 76.8 Å². The number of thiazole rings is 1. The van der Waals surface area contributed by atoms with E-state index < -0.39 is 5.97 Å². The molecule has 1 heterocycles. The molecule has 0 saturated carbocycles. The van der Waals surface area contributed by atoms with Gasteiger partial charge in [-0.2, -0.15) is 0 Å². The predicted molar refractivity (Wildman–Crippen MR) is 101 cm³/mol. The average Bonchev–Trinajstić information content (AvgIpc) is 3.16. The van der Waals surface area contributed by atoms with Crippen LogP contribution in [0.2, 0.25) is 0 Å². The van der Waals surface area contributed by atoms with Crippen molar-refractivity contribution in [3.8, 4) is 10.6 Å². The minimum atomic E-state index is -0.953. The van der Waals surface area contributed by atoms with Crippen LogP contribution in [0.1, 0.15) is 45.8 Å². The van der Waals surface area contributed by atoms with Gasteiger partial charge in [0.15, 0.2) is 0 Å². The molecule has 132 valence electrons. The van der Waals surface area contributed by atoms with Crippen molar-refractivity contribution in [1.29, 1.82) is 0 Å². The number of aromatic carboxylic acids is 1. The summed E-state index contributed by atoms with van der Waals surface area (Å²) >= 11 is 1.47. The molecule has 2 N–H and O–H groups in total. The molecular weight excluding hydrogens is 348 g/mol. The van der Waals surface area contributed by atoms with E-state index in [1.165, 1.54) is 11.3 Å². The van der Waals surface area contributed by atoms with Gasteiger partial charge in [-0.1, -0.05) is 37.3 Å². The second-order valence-corrected chi connectivity index (χ2v) is 6.62. The molecule has 3 aromatic rings. The maximum absolute atomic E-state index is 12.4. The number of hydrogen-bond donors (Lipinski definition) is 2. The Morgan fingerprint density at radius 2 is 1.77 bits per heavy atom. The molecular formula is C20H18N2O3S. The minimum absolute atomic E-state index is 0.127. The molecule has 5 nitrogen and oxygen atoms in total. The summed E-state index contributed by atoms with van der Waals surface area (Å²) in [4.78, 5) is 28.0. The van der Waals surface area contributed by atoms with Gasteiger partial charge in [0.1, 0.15) is 5.01 Å². The Bertz CT molecular complexity index is 904. The third-order valence-electron chi connectivity index (χ3n) is 4.01. The summed E-state index contributed by atoms with van der Waals surface area (Å²) in [6, 6.07) is 15.5. The Labute approximate surface area is 155 Å². The lowest BCUT2D eigenvalue weighted by atomic mass is 10.1. The zero-order valence-corrected chi connectivity index (χ0v) is 15.0. The van der Waals surface area contributed by atoms with Crippen LogP contribution in [0, 0.1) is 0 Å². The Kier molecular flexibility index (Phi) is 5.43. The summed E-state index contributed by atoms with van der Waals surface area (Å²) in [7, 11) is 0. The van der Waals surface area contributed by atoms with Crippen molar-refractivity contribution in [1.82, 2.24) is 10.3 Å². The zero-order valence-electron chi connectivity index (χ0n) is 14.2. The molecule has 3 rings (SSSR count). The first kappa shape index (κ1) is 17.8. The number of nitrogens with zero attached hydrogens (tertiary/aromatic N) is 1. The highest BCUT2D eigenvalue weighted by molar-refractivity contribution is 7.13. The normalized spacial score (nSPS) is 11.7. The van der Waals surface area contributed by atoms with E-state index in [9.17, 15) is 9.59 Å². The summed E-state index contributed by atoms with van der Waals surface area (Å²) in [5, 5.41) is 14.7. The molecule has 0 aliphatic carbocycles. The first-order valence-electron chi connectivity index (χ1n) is 8.23. The lowest BCUT2D eigenvalue weighted by Gasteiger charge is -2.14. The third-order valence-corrected chi connectivity index (χ3v) is 4.92. The van der Waals surface area contributed by atoms with Crippen LogP contribution in [0.4, 0.5) is 0 Å². The van der Waals surface area contributed by atoms with Gasteiger partial charge in [0.2, 0.25) is 0 Å². The van der Waals surface area contributed by atoms with Crippen LogP contribution in [0.25, 0.3) is 10.6 Å². The van der Waals surface area contributed by atoms with Gasteiger partial charge in [-0.15, -0.1) is 11.3 Å². The molecule has 1 unspecified atom stereocenters. The van der Waals surface area contributed by atoms with Crippen LogP contribution in [-0.2, 0) is 0 Å². The first-order chi connectivity index (χ1) is 12.6. The van der Waals surface area contributed by atoms with Crippen LogP contribution in [0.5, 0.6) is 0 Å². The van der Waals surface area contributed by atoms with Crippen LogP contribution < -0.4 is 5.32 Å². The van der Waals surface area contributed by atoms with Gasteiger partial charge in [-0.05, 0) is 30.7 Å². The van der Waals surface area contributed by atoms with Crippen LogP contribution >= 0.6 is 11.3 Å². The van der Waals surface area contributed by atoms with Crippen molar-refractivity contribution < 1.29 is 14.7 Å². The molecule has 26 heavy (non-hydrogen) atoms. The van der Waals surface area contributed by atoms with Crippen molar-refractivity contribution >= 4 is 23.2 Å². The van der Waals surface area contributed by atoms with Crippen LogP contribution in [-0.4, -0.2) is 22.0 Å². The van der Waals surface area contributed by atoms with Gasteiger partial charge >= 0.3 is 5.97 Å². The number of benzene rings is 2. The maximum Gasteiger partial charge on any atom is 0.335 e. The van der Waals surface area contributed by atoms with E-state index in [-0.39, 0.29) is 17.5 Å². The Balaban J connectivity index is 1.76. The maximum atomic E-state index is 12.4. The number of carboxylic acids is 1. The fraction of sp³-hybridized carbons (Fsp3) is 0.150. The number of aromatic nitrogens is 1. The number of carbonyl (C=O) groups excluding carboxylic acids is 1. The summed E-state index contributed by atoms with van der Waals surface area (Å²) in [5.74, 6) is -1.08. The number of hydrogen-bond acceptors (Lipinski definition) is 4. The number of carbonyl (C=O) groups is 2. The molecule has 0 aliphatic heterocycles. The van der Waals surface area contributed by atoms with Gasteiger partial charge in [0.25, 0.3) is 5.91 Å². The quantitative estimate of drug-likeness (QED) is 0.678. The van der Waals surface area contributed by atoms with E-state index in [1.807, 2.05) is 30.5 Å². The van der Waals surface area contributed by atoms with Crippen LogP contribution in [0.3, 0.4) is 0 Å². The molecule has 0 aliphatic rings. The summed E-state index contributed by atoms with van der Waals surface area (Å²) in [6.07, 6.45) is 0.722. The molecule has 0 bridgehead atoms. The van der Waals surface area contributed by atoms with Gasteiger partial charge in [-0.3, -0.25) is 4.79 Å². The Hall–Kier alpha value is -2.99. The van der Waals surface area contributed by atoms with Crippen LogP contribution in [0.15, 0.2) is 60.0 Å². The highest BCUT2D eigenvalue weighted by Gasteiger charge is 2.17. The highest BCUT2D eigenvalue weighted by atomic mass is 32.1. The minimum Gasteiger partial charge on any atom is -0.478 e. The second-order valence-electron chi connectivity index (χ2n) is 5.76. The van der Waals surface area contributed by atoms with E-state index in [0.29, 0.717) is 5.56 Å². The van der Waals surface area contributed by atoms with Gasteiger partial charge in [0.05, 0.1) is 17.3 Å². The summed E-state index contributed by atoms with van der Waals surface area (Å²) in [6.45, 7) is 2.00. The Morgan fingerprint density at radius 3 is 2.38 bits per heavy atom. The number of carboxylic acid groups (broad SMARTS) is 1. The number of nitrogens with one attached hydrogen (secondary N) is 1. The molecule has 1 atom stereocenters. The predicted octanol–water partition coefficient (Wildman–Crippen LogP) is 4.39. The molecule has 0 saturated heterocycles. The molecule has 0 spiro atoms. The molecule has 6 heteroatoms.